The zero-order valence-corrected chi connectivity index (χ0v) is 9.94. The van der Waals surface area contributed by atoms with Crippen LogP contribution in [-0.4, -0.2) is 9.55 Å². The van der Waals surface area contributed by atoms with E-state index in [0.29, 0.717) is 5.95 Å². The minimum atomic E-state index is 0.180. The second-order valence-corrected chi connectivity index (χ2v) is 4.95. The Bertz CT molecular complexity index is 475. The van der Waals surface area contributed by atoms with Crippen molar-refractivity contribution in [1.82, 2.24) is 9.55 Å². The molecule has 16 heavy (non-hydrogen) atoms. The van der Waals surface area contributed by atoms with Crippen molar-refractivity contribution in [1.29, 1.82) is 0 Å². The van der Waals surface area contributed by atoms with Gasteiger partial charge < -0.3 is 5.73 Å². The minimum Gasteiger partial charge on any atom is -0.369 e. The maximum atomic E-state index is 5.75. The third-order valence-corrected chi connectivity index (χ3v) is 2.68. The number of hydrogen-bond donors (Lipinski definition) is 1. The lowest BCUT2D eigenvalue weighted by Gasteiger charge is -2.19. The van der Waals surface area contributed by atoms with Crippen molar-refractivity contribution in [2.75, 3.05) is 5.73 Å². The van der Waals surface area contributed by atoms with E-state index >= 15 is 0 Å². The summed E-state index contributed by atoms with van der Waals surface area (Å²) in [6, 6.07) is 8.40. The Kier molecular flexibility index (Phi) is 2.46. The van der Waals surface area contributed by atoms with Gasteiger partial charge in [-0.2, -0.15) is 0 Å². The number of benzene rings is 1. The summed E-state index contributed by atoms with van der Waals surface area (Å²) in [6.45, 7) is 6.61. The number of imidazole rings is 1. The topological polar surface area (TPSA) is 43.8 Å². The van der Waals surface area contributed by atoms with E-state index in [1.165, 1.54) is 5.56 Å². The fraction of sp³-hybridized carbons (Fsp3) is 0.308. The summed E-state index contributed by atoms with van der Waals surface area (Å²) in [5.41, 5.74) is 8.29. The lowest BCUT2D eigenvalue weighted by atomic mass is 9.87. The Morgan fingerprint density at radius 1 is 1.12 bits per heavy atom. The van der Waals surface area contributed by atoms with Crippen molar-refractivity contribution in [3.8, 4) is 5.69 Å². The normalized spacial score (nSPS) is 11.7. The summed E-state index contributed by atoms with van der Waals surface area (Å²) in [7, 11) is 0. The van der Waals surface area contributed by atoms with Gasteiger partial charge in [0.05, 0.1) is 0 Å². The molecular formula is C13H17N3. The summed E-state index contributed by atoms with van der Waals surface area (Å²) < 4.78 is 1.87. The number of aromatic nitrogens is 2. The Morgan fingerprint density at radius 2 is 1.75 bits per heavy atom. The predicted molar refractivity (Wildman–Crippen MR) is 66.7 cm³/mol. The number of nitrogen functional groups attached to an aromatic ring is 1. The van der Waals surface area contributed by atoms with Gasteiger partial charge in [-0.3, -0.25) is 4.57 Å². The number of anilines is 1. The average molecular weight is 215 g/mol. The quantitative estimate of drug-likeness (QED) is 0.795. The number of rotatable bonds is 1. The molecule has 0 atom stereocenters. The highest BCUT2D eigenvalue weighted by Gasteiger charge is 2.13. The first-order valence-corrected chi connectivity index (χ1v) is 5.38. The van der Waals surface area contributed by atoms with Crippen molar-refractivity contribution in [2.45, 2.75) is 26.2 Å². The van der Waals surface area contributed by atoms with E-state index in [0.717, 1.165) is 5.69 Å². The molecule has 3 heteroatoms. The molecule has 0 saturated carbocycles. The first-order valence-electron chi connectivity index (χ1n) is 5.38. The van der Waals surface area contributed by atoms with Gasteiger partial charge in [-0.15, -0.1) is 0 Å². The minimum absolute atomic E-state index is 0.180. The van der Waals surface area contributed by atoms with E-state index in [1.54, 1.807) is 6.20 Å². The molecule has 1 heterocycles. The smallest absolute Gasteiger partial charge is 0.204 e. The van der Waals surface area contributed by atoms with Gasteiger partial charge in [-0.25, -0.2) is 4.98 Å². The van der Waals surface area contributed by atoms with Crippen LogP contribution in [0.3, 0.4) is 0 Å². The molecular weight excluding hydrogens is 198 g/mol. The SMILES string of the molecule is CC(C)(C)c1ccc(-n2ccnc2N)cc1. The van der Waals surface area contributed by atoms with Crippen molar-refractivity contribution in [3.63, 3.8) is 0 Å². The van der Waals surface area contributed by atoms with Gasteiger partial charge in [0.15, 0.2) is 0 Å². The summed E-state index contributed by atoms with van der Waals surface area (Å²) in [4.78, 5) is 4.00. The lowest BCUT2D eigenvalue weighted by molar-refractivity contribution is 0.590. The Morgan fingerprint density at radius 3 is 2.19 bits per heavy atom. The largest absolute Gasteiger partial charge is 0.369 e. The number of nitrogens with zero attached hydrogens (tertiary/aromatic N) is 2. The fourth-order valence-electron chi connectivity index (χ4n) is 1.66. The molecule has 3 nitrogen and oxygen atoms in total. The van der Waals surface area contributed by atoms with Crippen molar-refractivity contribution in [2.24, 2.45) is 0 Å². The Balaban J connectivity index is 2.37. The molecule has 84 valence electrons. The van der Waals surface area contributed by atoms with Crippen LogP contribution in [0.15, 0.2) is 36.7 Å². The third-order valence-electron chi connectivity index (χ3n) is 2.68. The molecule has 0 spiro atoms. The van der Waals surface area contributed by atoms with E-state index in [4.69, 9.17) is 5.73 Å². The molecule has 1 aromatic carbocycles. The van der Waals surface area contributed by atoms with Crippen LogP contribution in [0.2, 0.25) is 0 Å². The van der Waals surface area contributed by atoms with Gasteiger partial charge in [-0.05, 0) is 23.1 Å². The molecule has 0 radical (unpaired) electrons. The number of nitrogens with two attached hydrogens (primary N) is 1. The van der Waals surface area contributed by atoms with Gasteiger partial charge in [-0.1, -0.05) is 32.9 Å². The first kappa shape index (κ1) is 10.7. The summed E-state index contributed by atoms with van der Waals surface area (Å²) in [5, 5.41) is 0. The molecule has 0 aliphatic rings. The van der Waals surface area contributed by atoms with E-state index < -0.39 is 0 Å². The molecule has 0 aliphatic carbocycles. The zero-order chi connectivity index (χ0) is 11.8. The predicted octanol–water partition coefficient (Wildman–Crippen LogP) is 2.75. The maximum absolute atomic E-state index is 5.75. The Labute approximate surface area is 95.9 Å². The second-order valence-electron chi connectivity index (χ2n) is 4.95. The van der Waals surface area contributed by atoms with Crippen LogP contribution >= 0.6 is 0 Å². The molecule has 2 rings (SSSR count). The standard InChI is InChI=1S/C13H17N3/c1-13(2,3)10-4-6-11(7-5-10)16-9-8-15-12(16)14/h4-9H,1-3H3,(H2,14,15). The van der Waals surface area contributed by atoms with Crippen LogP contribution in [0, 0.1) is 0 Å². The summed E-state index contributed by atoms with van der Waals surface area (Å²) in [5.74, 6) is 0.517. The van der Waals surface area contributed by atoms with Gasteiger partial charge in [0.2, 0.25) is 5.95 Å². The van der Waals surface area contributed by atoms with Crippen molar-refractivity contribution < 1.29 is 0 Å². The second kappa shape index (κ2) is 3.67. The van der Waals surface area contributed by atoms with Gasteiger partial charge in [0.1, 0.15) is 0 Å². The van der Waals surface area contributed by atoms with Crippen LogP contribution in [-0.2, 0) is 5.41 Å². The van der Waals surface area contributed by atoms with E-state index in [-0.39, 0.29) is 5.41 Å². The van der Waals surface area contributed by atoms with E-state index in [1.807, 2.05) is 10.8 Å². The molecule has 2 N–H and O–H groups in total. The van der Waals surface area contributed by atoms with Gasteiger partial charge in [0, 0.05) is 18.1 Å². The van der Waals surface area contributed by atoms with Crippen LogP contribution in [0.5, 0.6) is 0 Å². The Hall–Kier alpha value is -1.77. The average Bonchev–Trinajstić information content (AvgIpc) is 2.63. The van der Waals surface area contributed by atoms with E-state index in [2.05, 4.69) is 50.0 Å². The van der Waals surface area contributed by atoms with Gasteiger partial charge >= 0.3 is 0 Å². The molecule has 2 aromatic rings. The summed E-state index contributed by atoms with van der Waals surface area (Å²) in [6.07, 6.45) is 3.56. The zero-order valence-electron chi connectivity index (χ0n) is 9.94. The van der Waals surface area contributed by atoms with Crippen LogP contribution in [0.1, 0.15) is 26.3 Å². The fourth-order valence-corrected chi connectivity index (χ4v) is 1.66. The first-order chi connectivity index (χ1) is 7.48. The van der Waals surface area contributed by atoms with Crippen LogP contribution < -0.4 is 5.73 Å². The monoisotopic (exact) mass is 215 g/mol. The highest BCUT2D eigenvalue weighted by Crippen LogP contribution is 2.23. The molecule has 0 unspecified atom stereocenters. The molecule has 0 amide bonds. The number of hydrogen-bond acceptors (Lipinski definition) is 2. The molecule has 1 aromatic heterocycles. The lowest BCUT2D eigenvalue weighted by Crippen LogP contribution is -2.11. The molecule has 0 aliphatic heterocycles. The van der Waals surface area contributed by atoms with Gasteiger partial charge in [0.25, 0.3) is 0 Å². The van der Waals surface area contributed by atoms with Crippen LogP contribution in [0.4, 0.5) is 5.95 Å². The van der Waals surface area contributed by atoms with Crippen molar-refractivity contribution in [3.05, 3.63) is 42.2 Å². The maximum Gasteiger partial charge on any atom is 0.204 e. The summed E-state index contributed by atoms with van der Waals surface area (Å²) >= 11 is 0. The van der Waals surface area contributed by atoms with Crippen molar-refractivity contribution >= 4 is 5.95 Å². The van der Waals surface area contributed by atoms with Crippen LogP contribution in [0.25, 0.3) is 5.69 Å². The molecule has 0 fully saturated rings. The molecule has 0 bridgehead atoms. The highest BCUT2D eigenvalue weighted by molar-refractivity contribution is 5.41. The highest BCUT2D eigenvalue weighted by atomic mass is 15.1. The third kappa shape index (κ3) is 1.94. The molecule has 0 saturated heterocycles. The van der Waals surface area contributed by atoms with E-state index in [9.17, 15) is 0 Å².